The van der Waals surface area contributed by atoms with Crippen molar-refractivity contribution in [3.8, 4) is 16.9 Å². The van der Waals surface area contributed by atoms with E-state index < -0.39 is 0 Å². The van der Waals surface area contributed by atoms with Gasteiger partial charge in [-0.1, -0.05) is 36.4 Å². The van der Waals surface area contributed by atoms with E-state index in [1.807, 2.05) is 60.7 Å². The smallest absolute Gasteiger partial charge is 0.168 e. The molecule has 4 aromatic rings. The predicted octanol–water partition coefficient (Wildman–Crippen LogP) is 5.67. The Hall–Kier alpha value is -3.73. The van der Waals surface area contributed by atoms with Crippen LogP contribution in [0, 0.1) is 5.82 Å². The molecule has 4 nitrogen and oxygen atoms in total. The Balaban J connectivity index is 1.72. The molecule has 30 heavy (non-hydrogen) atoms. The topological polar surface area (TPSA) is 38.2 Å². The van der Waals surface area contributed by atoms with Gasteiger partial charge < -0.3 is 9.64 Å². The van der Waals surface area contributed by atoms with Crippen LogP contribution in [0.4, 0.5) is 15.8 Å². The summed E-state index contributed by atoms with van der Waals surface area (Å²) in [6.07, 6.45) is 7.55. The Morgan fingerprint density at radius 3 is 2.07 bits per heavy atom. The van der Waals surface area contributed by atoms with Crippen LogP contribution in [-0.2, 0) is 6.42 Å². The highest BCUT2D eigenvalue weighted by Gasteiger charge is 2.18. The number of methoxy groups -OCH3 is 1. The monoisotopic (exact) mass is 399 g/mol. The van der Waals surface area contributed by atoms with E-state index in [9.17, 15) is 0 Å². The van der Waals surface area contributed by atoms with E-state index >= 15 is 4.39 Å². The maximum absolute atomic E-state index is 15.3. The largest absolute Gasteiger partial charge is 0.494 e. The number of rotatable bonds is 7. The normalized spacial score (nSPS) is 10.6. The fraction of sp³-hybridized carbons (Fsp3) is 0.120. The first kappa shape index (κ1) is 19.6. The molecule has 0 N–H and O–H groups in total. The second-order valence-electron chi connectivity index (χ2n) is 6.80. The van der Waals surface area contributed by atoms with Gasteiger partial charge in [0.2, 0.25) is 0 Å². The summed E-state index contributed by atoms with van der Waals surface area (Å²) in [5.74, 6) is -0.0739. The Kier molecular flexibility index (Phi) is 5.99. The van der Waals surface area contributed by atoms with Crippen molar-refractivity contribution < 1.29 is 9.13 Å². The summed E-state index contributed by atoms with van der Waals surface area (Å²) in [6.45, 7) is 0.557. The minimum Gasteiger partial charge on any atom is -0.494 e. The third-order valence-electron chi connectivity index (χ3n) is 5.01. The van der Waals surface area contributed by atoms with E-state index in [1.54, 1.807) is 30.9 Å². The molecule has 2 aromatic heterocycles. The molecule has 0 radical (unpaired) electrons. The number of benzene rings is 2. The minimum absolute atomic E-state index is 0.249. The van der Waals surface area contributed by atoms with Crippen molar-refractivity contribution in [2.45, 2.75) is 6.42 Å². The van der Waals surface area contributed by atoms with Crippen LogP contribution >= 0.6 is 0 Å². The molecular formula is C25H22FN3O. The molecule has 2 aromatic carbocycles. The van der Waals surface area contributed by atoms with Crippen LogP contribution in [0.15, 0.2) is 91.5 Å². The molecule has 0 bridgehead atoms. The number of nitrogens with zero attached hydrogens (tertiary/aromatic N) is 3. The first-order valence-electron chi connectivity index (χ1n) is 9.76. The lowest BCUT2D eigenvalue weighted by atomic mass is 9.96. The average Bonchev–Trinajstić information content (AvgIpc) is 2.82. The molecule has 0 spiro atoms. The molecule has 0 saturated heterocycles. The Morgan fingerprint density at radius 2 is 1.50 bits per heavy atom. The molecule has 0 fully saturated rings. The summed E-state index contributed by atoms with van der Waals surface area (Å²) in [6, 6.07) is 21.2. The fourth-order valence-electron chi connectivity index (χ4n) is 3.55. The van der Waals surface area contributed by atoms with Gasteiger partial charge in [-0.15, -0.1) is 0 Å². The summed E-state index contributed by atoms with van der Waals surface area (Å²) >= 11 is 0. The second kappa shape index (κ2) is 9.18. The predicted molar refractivity (Wildman–Crippen MR) is 118 cm³/mol. The van der Waals surface area contributed by atoms with Crippen molar-refractivity contribution in [2.24, 2.45) is 0 Å². The van der Waals surface area contributed by atoms with Crippen molar-refractivity contribution in [2.75, 3.05) is 18.6 Å². The van der Waals surface area contributed by atoms with E-state index in [1.165, 1.54) is 7.11 Å². The molecule has 150 valence electrons. The van der Waals surface area contributed by atoms with Crippen LogP contribution in [0.3, 0.4) is 0 Å². The lowest BCUT2D eigenvalue weighted by Crippen LogP contribution is -2.21. The molecule has 0 aliphatic rings. The SMILES string of the molecule is COc1ccc(-c2ccccc2)c(CCN(c2cccnc2)c2cccnc2)c1F. The number of hydrogen-bond donors (Lipinski definition) is 0. The van der Waals surface area contributed by atoms with Crippen LogP contribution in [0.2, 0.25) is 0 Å². The van der Waals surface area contributed by atoms with Gasteiger partial charge in [0, 0.05) is 24.5 Å². The molecular weight excluding hydrogens is 377 g/mol. The molecule has 0 amide bonds. The number of hydrogen-bond acceptors (Lipinski definition) is 4. The van der Waals surface area contributed by atoms with Gasteiger partial charge in [-0.25, -0.2) is 4.39 Å². The Labute approximate surface area is 175 Å². The van der Waals surface area contributed by atoms with Crippen LogP contribution in [0.5, 0.6) is 5.75 Å². The molecule has 0 aliphatic carbocycles. The van der Waals surface area contributed by atoms with Gasteiger partial charge in [0.05, 0.1) is 30.9 Å². The first-order valence-corrected chi connectivity index (χ1v) is 9.76. The van der Waals surface area contributed by atoms with Gasteiger partial charge in [0.1, 0.15) is 0 Å². The highest BCUT2D eigenvalue weighted by Crippen LogP contribution is 2.32. The van der Waals surface area contributed by atoms with E-state index in [0.29, 0.717) is 18.5 Å². The van der Waals surface area contributed by atoms with E-state index in [2.05, 4.69) is 14.9 Å². The van der Waals surface area contributed by atoms with E-state index in [4.69, 9.17) is 4.74 Å². The number of pyridine rings is 2. The van der Waals surface area contributed by atoms with E-state index in [-0.39, 0.29) is 11.6 Å². The van der Waals surface area contributed by atoms with E-state index in [0.717, 1.165) is 22.5 Å². The van der Waals surface area contributed by atoms with Crippen molar-refractivity contribution in [1.29, 1.82) is 0 Å². The molecule has 0 aliphatic heterocycles. The Bertz CT molecular complexity index is 1050. The fourth-order valence-corrected chi connectivity index (χ4v) is 3.55. The standard InChI is InChI=1S/C25H22FN3O/c1-30-24-12-11-22(19-7-3-2-4-8-19)23(25(24)26)13-16-29(20-9-5-14-27-17-20)21-10-6-15-28-18-21/h2-12,14-15,17-18H,13,16H2,1H3. The molecule has 4 rings (SSSR count). The molecule has 0 saturated carbocycles. The summed E-state index contributed by atoms with van der Waals surface area (Å²) in [5.41, 5.74) is 4.32. The first-order chi connectivity index (χ1) is 14.8. The maximum Gasteiger partial charge on any atom is 0.168 e. The highest BCUT2D eigenvalue weighted by molar-refractivity contribution is 5.69. The zero-order chi connectivity index (χ0) is 20.8. The van der Waals surface area contributed by atoms with Gasteiger partial charge in [0.25, 0.3) is 0 Å². The van der Waals surface area contributed by atoms with Crippen molar-refractivity contribution in [3.63, 3.8) is 0 Å². The lowest BCUT2D eigenvalue weighted by Gasteiger charge is -2.25. The summed E-state index contributed by atoms with van der Waals surface area (Å²) in [4.78, 5) is 10.6. The molecule has 2 heterocycles. The third kappa shape index (κ3) is 4.15. The van der Waals surface area contributed by atoms with Crippen molar-refractivity contribution >= 4 is 11.4 Å². The number of halogens is 1. The van der Waals surface area contributed by atoms with Crippen LogP contribution in [-0.4, -0.2) is 23.6 Å². The molecule has 0 unspecified atom stereocenters. The van der Waals surface area contributed by atoms with Crippen LogP contribution in [0.1, 0.15) is 5.56 Å². The molecule has 5 heteroatoms. The zero-order valence-electron chi connectivity index (χ0n) is 16.7. The zero-order valence-corrected chi connectivity index (χ0v) is 16.7. The van der Waals surface area contributed by atoms with Gasteiger partial charge in [-0.2, -0.15) is 0 Å². The number of ether oxygens (including phenoxy) is 1. The maximum atomic E-state index is 15.3. The highest BCUT2D eigenvalue weighted by atomic mass is 19.1. The number of aromatic nitrogens is 2. The average molecular weight is 399 g/mol. The van der Waals surface area contributed by atoms with Crippen LogP contribution in [0.25, 0.3) is 11.1 Å². The van der Waals surface area contributed by atoms with Crippen molar-refractivity contribution in [1.82, 2.24) is 9.97 Å². The summed E-state index contributed by atoms with van der Waals surface area (Å²) in [7, 11) is 1.49. The molecule has 0 atom stereocenters. The Morgan fingerprint density at radius 1 is 0.833 bits per heavy atom. The van der Waals surface area contributed by atoms with Gasteiger partial charge in [-0.05, 0) is 47.9 Å². The second-order valence-corrected chi connectivity index (χ2v) is 6.80. The van der Waals surface area contributed by atoms with Gasteiger partial charge in [0.15, 0.2) is 11.6 Å². The quantitative estimate of drug-likeness (QED) is 0.401. The van der Waals surface area contributed by atoms with Gasteiger partial charge >= 0.3 is 0 Å². The van der Waals surface area contributed by atoms with Gasteiger partial charge in [-0.3, -0.25) is 9.97 Å². The summed E-state index contributed by atoms with van der Waals surface area (Å²) in [5, 5.41) is 0. The summed E-state index contributed by atoms with van der Waals surface area (Å²) < 4.78 is 20.6. The van der Waals surface area contributed by atoms with Crippen molar-refractivity contribution in [3.05, 3.63) is 103 Å². The minimum atomic E-state index is -0.323. The van der Waals surface area contributed by atoms with Crippen LogP contribution < -0.4 is 9.64 Å². The number of anilines is 2. The third-order valence-corrected chi connectivity index (χ3v) is 5.01. The lowest BCUT2D eigenvalue weighted by molar-refractivity contribution is 0.384.